The van der Waals surface area contributed by atoms with Crippen molar-refractivity contribution in [3.8, 4) is 22.9 Å². The Bertz CT molecular complexity index is 1370. The van der Waals surface area contributed by atoms with E-state index in [2.05, 4.69) is 0 Å². The normalized spacial score (nSPS) is 15.1. The first kappa shape index (κ1) is 25.3. The smallest absolute Gasteiger partial charge is 0.255 e. The molecule has 1 aromatic heterocycles. The van der Waals surface area contributed by atoms with Crippen LogP contribution >= 0.6 is 23.2 Å². The van der Waals surface area contributed by atoms with Gasteiger partial charge in [0.15, 0.2) is 0 Å². The van der Waals surface area contributed by atoms with Gasteiger partial charge in [-0.1, -0.05) is 65.7 Å². The van der Waals surface area contributed by atoms with Crippen molar-refractivity contribution < 1.29 is 14.3 Å². The Hall–Kier alpha value is -3.32. The van der Waals surface area contributed by atoms with Crippen molar-refractivity contribution in [3.63, 3.8) is 0 Å². The molecule has 8 heteroatoms. The number of amides is 1. The molecule has 4 aromatic rings. The molecule has 0 bridgehead atoms. The number of halogens is 2. The van der Waals surface area contributed by atoms with E-state index in [0.717, 1.165) is 29.7 Å². The molecule has 6 nitrogen and oxygen atoms in total. The summed E-state index contributed by atoms with van der Waals surface area (Å²) in [6.07, 6.45) is 1.84. The average Bonchev–Trinajstić information content (AvgIpc) is 3.53. The van der Waals surface area contributed by atoms with Crippen LogP contribution in [0.3, 0.4) is 0 Å². The molecule has 190 valence electrons. The molecular weight excluding hydrogens is 509 g/mol. The van der Waals surface area contributed by atoms with Gasteiger partial charge in [0.2, 0.25) is 5.88 Å². The zero-order valence-electron chi connectivity index (χ0n) is 20.4. The number of benzene rings is 3. The highest BCUT2D eigenvalue weighted by Crippen LogP contribution is 2.35. The molecule has 0 spiro atoms. The summed E-state index contributed by atoms with van der Waals surface area (Å²) in [6, 6.07) is 24.2. The summed E-state index contributed by atoms with van der Waals surface area (Å²) in [6.45, 7) is 1.41. The van der Waals surface area contributed by atoms with E-state index in [0.29, 0.717) is 40.4 Å². The van der Waals surface area contributed by atoms with Crippen LogP contribution in [0.15, 0.2) is 78.9 Å². The molecule has 1 aliphatic rings. The van der Waals surface area contributed by atoms with E-state index >= 15 is 0 Å². The summed E-state index contributed by atoms with van der Waals surface area (Å²) in [4.78, 5) is 15.6. The van der Waals surface area contributed by atoms with Crippen LogP contribution in [-0.4, -0.2) is 39.8 Å². The van der Waals surface area contributed by atoms with Gasteiger partial charge in [-0.15, -0.1) is 0 Å². The second-order valence-corrected chi connectivity index (χ2v) is 9.82. The molecule has 0 radical (unpaired) electrons. The number of carbonyl (C=O) groups excluding carboxylic acids is 1. The first-order valence-electron chi connectivity index (χ1n) is 12.2. The van der Waals surface area contributed by atoms with Crippen LogP contribution in [0.1, 0.15) is 28.8 Å². The van der Waals surface area contributed by atoms with Crippen LogP contribution in [-0.2, 0) is 18.3 Å². The topological polar surface area (TPSA) is 56.6 Å². The molecule has 1 fully saturated rings. The lowest BCUT2D eigenvalue weighted by molar-refractivity contribution is 0.0506. The van der Waals surface area contributed by atoms with Gasteiger partial charge in [-0.05, 0) is 49.2 Å². The Balaban J connectivity index is 1.57. The lowest BCUT2D eigenvalue weighted by Gasteiger charge is -2.26. The van der Waals surface area contributed by atoms with E-state index in [1.165, 1.54) is 0 Å². The van der Waals surface area contributed by atoms with E-state index in [1.807, 2.05) is 49.5 Å². The Morgan fingerprint density at radius 1 is 1.05 bits per heavy atom. The molecule has 37 heavy (non-hydrogen) atoms. The molecule has 1 amide bonds. The molecule has 5 rings (SSSR count). The van der Waals surface area contributed by atoms with Crippen molar-refractivity contribution >= 4 is 29.1 Å². The van der Waals surface area contributed by atoms with Crippen molar-refractivity contribution in [2.45, 2.75) is 25.5 Å². The summed E-state index contributed by atoms with van der Waals surface area (Å²) in [5.74, 6) is 1.00. The Labute approximate surface area is 226 Å². The van der Waals surface area contributed by atoms with Gasteiger partial charge in [-0.25, -0.2) is 4.68 Å². The van der Waals surface area contributed by atoms with Crippen LogP contribution in [0.4, 0.5) is 0 Å². The maximum absolute atomic E-state index is 13.8. The molecule has 1 aliphatic heterocycles. The fourth-order valence-electron chi connectivity index (χ4n) is 4.51. The van der Waals surface area contributed by atoms with Crippen LogP contribution in [0.2, 0.25) is 10.0 Å². The second kappa shape index (κ2) is 11.4. The minimum Gasteiger partial charge on any atom is -0.439 e. The summed E-state index contributed by atoms with van der Waals surface area (Å²) >= 11 is 12.5. The molecule has 1 atom stereocenters. The van der Waals surface area contributed by atoms with Crippen molar-refractivity contribution in [1.82, 2.24) is 14.7 Å². The summed E-state index contributed by atoms with van der Waals surface area (Å²) in [7, 11) is 1.83. The predicted octanol–water partition coefficient (Wildman–Crippen LogP) is 7.01. The van der Waals surface area contributed by atoms with Crippen LogP contribution in [0.5, 0.6) is 11.6 Å². The minimum atomic E-state index is -0.165. The van der Waals surface area contributed by atoms with Crippen molar-refractivity contribution in [1.29, 1.82) is 0 Å². The first-order valence-corrected chi connectivity index (χ1v) is 13.0. The fraction of sp³-hybridized carbons (Fsp3) is 0.241. The van der Waals surface area contributed by atoms with Gasteiger partial charge in [-0.2, -0.15) is 5.10 Å². The molecular formula is C29H27Cl2N3O3. The van der Waals surface area contributed by atoms with Crippen LogP contribution in [0, 0.1) is 0 Å². The van der Waals surface area contributed by atoms with E-state index in [4.69, 9.17) is 37.8 Å². The number of nitrogens with zero attached hydrogens (tertiary/aromatic N) is 3. The second-order valence-electron chi connectivity index (χ2n) is 8.98. The van der Waals surface area contributed by atoms with E-state index in [-0.39, 0.29) is 18.6 Å². The van der Waals surface area contributed by atoms with Gasteiger partial charge in [0.25, 0.3) is 5.91 Å². The Morgan fingerprint density at radius 2 is 1.78 bits per heavy atom. The Kier molecular flexibility index (Phi) is 7.79. The zero-order chi connectivity index (χ0) is 25.8. The van der Waals surface area contributed by atoms with Crippen molar-refractivity contribution in [2.24, 2.45) is 7.05 Å². The largest absolute Gasteiger partial charge is 0.439 e. The molecule has 0 aliphatic carbocycles. The molecule has 2 heterocycles. The maximum atomic E-state index is 13.8. The highest BCUT2D eigenvalue weighted by Gasteiger charge is 2.29. The highest BCUT2D eigenvalue weighted by atomic mass is 35.5. The third-order valence-electron chi connectivity index (χ3n) is 6.35. The maximum Gasteiger partial charge on any atom is 0.255 e. The van der Waals surface area contributed by atoms with Gasteiger partial charge in [0.1, 0.15) is 11.4 Å². The number of carbonyl (C=O) groups is 1. The van der Waals surface area contributed by atoms with Crippen LogP contribution < -0.4 is 4.74 Å². The van der Waals surface area contributed by atoms with Gasteiger partial charge in [-0.3, -0.25) is 4.79 Å². The number of rotatable bonds is 8. The summed E-state index contributed by atoms with van der Waals surface area (Å²) in [5.41, 5.74) is 2.92. The summed E-state index contributed by atoms with van der Waals surface area (Å²) < 4.78 is 13.9. The van der Waals surface area contributed by atoms with Crippen molar-refractivity contribution in [3.05, 3.63) is 100 Å². The lowest BCUT2D eigenvalue weighted by Crippen LogP contribution is -2.37. The highest BCUT2D eigenvalue weighted by molar-refractivity contribution is 6.33. The lowest BCUT2D eigenvalue weighted by atomic mass is 10.1. The monoisotopic (exact) mass is 535 g/mol. The number of ether oxygens (including phenoxy) is 2. The number of hydrogen-bond donors (Lipinski definition) is 0. The van der Waals surface area contributed by atoms with Gasteiger partial charge >= 0.3 is 0 Å². The average molecular weight is 536 g/mol. The molecule has 0 saturated carbocycles. The molecule has 1 saturated heterocycles. The minimum absolute atomic E-state index is 0.0380. The summed E-state index contributed by atoms with van der Waals surface area (Å²) in [5, 5.41) is 5.83. The zero-order valence-corrected chi connectivity index (χ0v) is 22.0. The van der Waals surface area contributed by atoms with Gasteiger partial charge in [0, 0.05) is 30.8 Å². The fourth-order valence-corrected chi connectivity index (χ4v) is 4.86. The third-order valence-corrected chi connectivity index (χ3v) is 6.93. The number of aryl methyl sites for hydroxylation is 1. The predicted molar refractivity (Wildman–Crippen MR) is 145 cm³/mol. The number of hydrogen-bond acceptors (Lipinski definition) is 4. The van der Waals surface area contributed by atoms with Gasteiger partial charge in [0.05, 0.1) is 28.8 Å². The molecule has 3 aromatic carbocycles. The molecule has 0 N–H and O–H groups in total. The number of aromatic nitrogens is 2. The van der Waals surface area contributed by atoms with E-state index in [1.54, 1.807) is 46.0 Å². The first-order chi connectivity index (χ1) is 18.0. The molecule has 1 unspecified atom stereocenters. The van der Waals surface area contributed by atoms with E-state index < -0.39 is 0 Å². The van der Waals surface area contributed by atoms with Crippen LogP contribution in [0.25, 0.3) is 11.3 Å². The third kappa shape index (κ3) is 5.82. The quantitative estimate of drug-likeness (QED) is 0.243. The van der Waals surface area contributed by atoms with Gasteiger partial charge < -0.3 is 14.4 Å². The Morgan fingerprint density at radius 3 is 2.49 bits per heavy atom. The van der Waals surface area contributed by atoms with Crippen molar-refractivity contribution in [2.75, 3.05) is 13.2 Å². The SMILES string of the molecule is Cn1nc(-c2ccccc2)c(CN(CC2CCCO2)C(=O)c2ccccc2Cl)c1Oc1ccc(Cl)cc1. The van der Waals surface area contributed by atoms with E-state index in [9.17, 15) is 4.79 Å². The standard InChI is InChI=1S/C29H27Cl2N3O3/c1-33-29(37-22-15-13-21(30)14-16-22)25(27(32-33)20-8-3-2-4-9-20)19-34(18-23-10-7-17-36-23)28(35)24-11-5-6-12-26(24)31/h2-6,8-9,11-16,23H,7,10,17-19H2,1H3.